The van der Waals surface area contributed by atoms with E-state index in [4.69, 9.17) is 9.47 Å². The molecule has 2 aromatic rings. The van der Waals surface area contributed by atoms with Crippen LogP contribution in [-0.4, -0.2) is 67.7 Å². The van der Waals surface area contributed by atoms with Crippen LogP contribution in [0.15, 0.2) is 6.07 Å². The monoisotopic (exact) mass is 541 g/mol. The number of thiophene rings is 1. The summed E-state index contributed by atoms with van der Waals surface area (Å²) in [4.78, 5) is 30.1. The molecule has 2 amide bonds. The predicted octanol–water partition coefficient (Wildman–Crippen LogP) is 4.50. The average Bonchev–Trinajstić information content (AvgIpc) is 3.04. The molecule has 3 heterocycles. The molecule has 1 aliphatic heterocycles. The zero-order valence-electron chi connectivity index (χ0n) is 19.0. The lowest BCUT2D eigenvalue weighted by Crippen LogP contribution is -2.66. The van der Waals surface area contributed by atoms with Crippen LogP contribution < -0.4 is 10.1 Å². The second-order valence-corrected chi connectivity index (χ2v) is 9.93. The molecule has 0 bridgehead atoms. The molecule has 0 aromatic carbocycles. The predicted molar refractivity (Wildman–Crippen MR) is 114 cm³/mol. The molecule has 1 saturated carbocycles. The summed E-state index contributed by atoms with van der Waals surface area (Å²) in [6.07, 6.45) is -9.82. The Bertz CT molecular complexity index is 1170. The molecule has 0 radical (unpaired) electrons. The lowest BCUT2D eigenvalue weighted by atomic mass is 9.62. The number of halogens is 6. The third-order valence-electron chi connectivity index (χ3n) is 6.05. The van der Waals surface area contributed by atoms with E-state index in [1.165, 1.54) is 11.9 Å². The van der Waals surface area contributed by atoms with Crippen LogP contribution in [0.5, 0.6) is 5.88 Å². The van der Waals surface area contributed by atoms with Crippen LogP contribution in [0.3, 0.4) is 0 Å². The Morgan fingerprint density at radius 3 is 2.44 bits per heavy atom. The van der Waals surface area contributed by atoms with E-state index in [1.54, 1.807) is 6.92 Å². The van der Waals surface area contributed by atoms with Crippen LogP contribution in [0.1, 0.15) is 33.6 Å². The molecule has 36 heavy (non-hydrogen) atoms. The fraction of sp³-hybridized carbons (Fsp3) is 0.571. The molecule has 1 aliphatic carbocycles. The van der Waals surface area contributed by atoms with Gasteiger partial charge in [0.25, 0.3) is 5.91 Å². The molecular weight excluding hydrogens is 520 g/mol. The third-order valence-corrected chi connectivity index (χ3v) is 7.17. The van der Waals surface area contributed by atoms with Gasteiger partial charge < -0.3 is 19.7 Å². The van der Waals surface area contributed by atoms with Gasteiger partial charge in [0, 0.05) is 36.5 Å². The highest BCUT2D eigenvalue weighted by atomic mass is 32.1. The van der Waals surface area contributed by atoms with Crippen LogP contribution in [0.25, 0.3) is 10.2 Å². The number of nitrogens with zero attached hydrogens (tertiary/aromatic N) is 2. The summed E-state index contributed by atoms with van der Waals surface area (Å²) >= 11 is 0.835. The Morgan fingerprint density at radius 2 is 1.86 bits per heavy atom. The average molecular weight is 541 g/mol. The standard InChI is InChI=1S/C21H21F6N3O5S/c1-10-14(17(31)28-2)15-16(36-10)12(20(22,23)24)5-13(29-15)35-11-6-19(7-11)8-30(9-19)18(32)33-3-4-34-21(25,26)27/h5,11H,3-4,6-9H2,1-2H3,(H,28,31). The SMILES string of the molecule is CNC(=O)c1c(C)sc2c(C(F)(F)F)cc(OC3CC4(C3)CN(C(=O)OCCOC(F)(F)F)C4)nc12. The highest BCUT2D eigenvalue weighted by molar-refractivity contribution is 7.19. The molecule has 4 rings (SSSR count). The minimum Gasteiger partial charge on any atom is -0.474 e. The van der Waals surface area contributed by atoms with Gasteiger partial charge in [0.2, 0.25) is 5.88 Å². The maximum Gasteiger partial charge on any atom is 0.522 e. The number of rotatable bonds is 6. The molecule has 198 valence electrons. The molecule has 2 aliphatic rings. The summed E-state index contributed by atoms with van der Waals surface area (Å²) in [7, 11) is 1.37. The number of hydrogen-bond donors (Lipinski definition) is 1. The molecule has 15 heteroatoms. The van der Waals surface area contributed by atoms with Crippen molar-refractivity contribution in [2.45, 2.75) is 38.4 Å². The van der Waals surface area contributed by atoms with Crippen LogP contribution in [0.4, 0.5) is 31.1 Å². The van der Waals surface area contributed by atoms with Gasteiger partial charge in [-0.15, -0.1) is 24.5 Å². The van der Waals surface area contributed by atoms with Gasteiger partial charge >= 0.3 is 18.6 Å². The number of alkyl halides is 6. The van der Waals surface area contributed by atoms with Crippen LogP contribution >= 0.6 is 11.3 Å². The molecule has 1 N–H and O–H groups in total. The topological polar surface area (TPSA) is 90.0 Å². The number of amides is 2. The van der Waals surface area contributed by atoms with Crippen molar-refractivity contribution in [3.8, 4) is 5.88 Å². The first-order valence-electron chi connectivity index (χ1n) is 10.7. The molecule has 2 fully saturated rings. The summed E-state index contributed by atoms with van der Waals surface area (Å²) in [5, 5.41) is 2.41. The number of nitrogens with one attached hydrogen (secondary N) is 1. The normalized spacial score (nSPS) is 17.6. The summed E-state index contributed by atoms with van der Waals surface area (Å²) < 4.78 is 90.8. The van der Waals surface area contributed by atoms with Gasteiger partial charge in [-0.2, -0.15) is 13.2 Å². The Labute approximate surface area is 204 Å². The minimum absolute atomic E-state index is 0.0623. The first-order chi connectivity index (χ1) is 16.7. The summed E-state index contributed by atoms with van der Waals surface area (Å²) in [5.74, 6) is -0.802. The van der Waals surface area contributed by atoms with Gasteiger partial charge in [0.1, 0.15) is 12.7 Å². The van der Waals surface area contributed by atoms with Crippen molar-refractivity contribution in [3.63, 3.8) is 0 Å². The van der Waals surface area contributed by atoms with Crippen molar-refractivity contribution >= 4 is 33.6 Å². The number of hydrogen-bond acceptors (Lipinski definition) is 7. The zero-order valence-corrected chi connectivity index (χ0v) is 19.8. The van der Waals surface area contributed by atoms with Crippen molar-refractivity contribution < 1.29 is 50.1 Å². The van der Waals surface area contributed by atoms with E-state index in [9.17, 15) is 35.9 Å². The number of carbonyl (C=O) groups is 2. The van der Waals surface area contributed by atoms with Gasteiger partial charge in [-0.05, 0) is 19.8 Å². The van der Waals surface area contributed by atoms with Crippen LogP contribution in [0.2, 0.25) is 0 Å². The van der Waals surface area contributed by atoms with Gasteiger partial charge in [0.15, 0.2) is 0 Å². The highest BCUT2D eigenvalue weighted by Gasteiger charge is 2.55. The lowest BCUT2D eigenvalue weighted by molar-refractivity contribution is -0.326. The van der Waals surface area contributed by atoms with Crippen molar-refractivity contribution in [2.75, 3.05) is 33.4 Å². The molecule has 0 unspecified atom stereocenters. The number of ether oxygens (including phenoxy) is 3. The van der Waals surface area contributed by atoms with E-state index in [0.717, 1.165) is 17.4 Å². The van der Waals surface area contributed by atoms with Gasteiger partial charge in [-0.3, -0.25) is 9.53 Å². The second kappa shape index (κ2) is 9.25. The van der Waals surface area contributed by atoms with Crippen molar-refractivity contribution in [1.82, 2.24) is 15.2 Å². The van der Waals surface area contributed by atoms with E-state index >= 15 is 0 Å². The second-order valence-electron chi connectivity index (χ2n) is 8.71. The van der Waals surface area contributed by atoms with Gasteiger partial charge in [-0.25, -0.2) is 9.78 Å². The lowest BCUT2D eigenvalue weighted by Gasteiger charge is -2.57. The van der Waals surface area contributed by atoms with Crippen molar-refractivity contribution in [1.29, 1.82) is 0 Å². The number of fused-ring (bicyclic) bond motifs is 1. The maximum atomic E-state index is 13.7. The van der Waals surface area contributed by atoms with E-state index in [0.29, 0.717) is 17.7 Å². The Balaban J connectivity index is 1.37. The fourth-order valence-corrected chi connectivity index (χ4v) is 5.63. The van der Waals surface area contributed by atoms with E-state index in [-0.39, 0.29) is 40.2 Å². The fourth-order valence-electron chi connectivity index (χ4n) is 4.51. The smallest absolute Gasteiger partial charge is 0.474 e. The van der Waals surface area contributed by atoms with Crippen molar-refractivity contribution in [3.05, 3.63) is 22.1 Å². The summed E-state index contributed by atoms with van der Waals surface area (Å²) in [6.45, 7) is 0.757. The molecule has 0 atom stereocenters. The van der Waals surface area contributed by atoms with Crippen molar-refractivity contribution in [2.24, 2.45) is 5.41 Å². The molecule has 8 nitrogen and oxygen atoms in total. The highest BCUT2D eigenvalue weighted by Crippen LogP contribution is 2.50. The van der Waals surface area contributed by atoms with Gasteiger partial charge in [0.05, 0.1) is 28.0 Å². The largest absolute Gasteiger partial charge is 0.522 e. The Morgan fingerprint density at radius 1 is 1.19 bits per heavy atom. The van der Waals surface area contributed by atoms with E-state index in [2.05, 4.69) is 15.0 Å². The molecule has 2 aromatic heterocycles. The zero-order chi connectivity index (χ0) is 26.5. The summed E-state index contributed by atoms with van der Waals surface area (Å²) in [5.41, 5.74) is -1.25. The number of aryl methyl sites for hydroxylation is 1. The Hall–Kier alpha value is -2.81. The summed E-state index contributed by atoms with van der Waals surface area (Å²) in [6, 6.07) is 0.824. The number of likely N-dealkylation sites (tertiary alicyclic amines) is 1. The Kier molecular flexibility index (Phi) is 6.75. The maximum absolute atomic E-state index is 13.7. The van der Waals surface area contributed by atoms with Crippen LogP contribution in [-0.2, 0) is 15.7 Å². The van der Waals surface area contributed by atoms with E-state index in [1.807, 2.05) is 0 Å². The third kappa shape index (κ3) is 5.31. The number of aromatic nitrogens is 1. The van der Waals surface area contributed by atoms with Crippen LogP contribution in [0, 0.1) is 12.3 Å². The molecule has 1 saturated heterocycles. The number of pyridine rings is 1. The quantitative estimate of drug-likeness (QED) is 0.428. The van der Waals surface area contributed by atoms with Gasteiger partial charge in [-0.1, -0.05) is 0 Å². The molecular formula is C21H21F6N3O5S. The number of carbonyl (C=O) groups excluding carboxylic acids is 2. The minimum atomic E-state index is -4.80. The molecule has 1 spiro atoms. The van der Waals surface area contributed by atoms with E-state index < -0.39 is 49.4 Å². The first-order valence-corrected chi connectivity index (χ1v) is 11.6. The first kappa shape index (κ1) is 26.3.